The fraction of sp³-hybridized carbons (Fsp3) is 0.250. The van der Waals surface area contributed by atoms with E-state index in [0.29, 0.717) is 44.0 Å². The fourth-order valence-electron chi connectivity index (χ4n) is 4.66. The first kappa shape index (κ1) is 25.6. The molecule has 0 spiro atoms. The Balaban J connectivity index is 1.44. The summed E-state index contributed by atoms with van der Waals surface area (Å²) in [6, 6.07) is 18.0. The lowest BCUT2D eigenvalue weighted by Gasteiger charge is -2.26. The van der Waals surface area contributed by atoms with Crippen molar-refractivity contribution in [1.29, 1.82) is 0 Å². The number of rotatable bonds is 8. The lowest BCUT2D eigenvalue weighted by atomic mass is 9.97. The molecule has 3 aromatic carbocycles. The molecule has 0 atom stereocenters. The predicted molar refractivity (Wildman–Crippen MR) is 146 cm³/mol. The molecule has 0 bridgehead atoms. The summed E-state index contributed by atoms with van der Waals surface area (Å²) in [5, 5.41) is 10.5. The topological polar surface area (TPSA) is 107 Å². The zero-order chi connectivity index (χ0) is 26.0. The third-order valence-corrected chi connectivity index (χ3v) is 8.74. The number of benzene rings is 3. The van der Waals surface area contributed by atoms with Gasteiger partial charge in [-0.15, -0.1) is 11.3 Å². The molecule has 1 fully saturated rings. The number of carbonyl (C=O) groups excluding carboxylic acids is 1. The molecule has 1 aliphatic heterocycles. The van der Waals surface area contributed by atoms with Gasteiger partial charge < -0.3 is 19.6 Å². The number of ether oxygens (including phenoxy) is 1. The van der Waals surface area contributed by atoms with Gasteiger partial charge >= 0.3 is 7.60 Å². The van der Waals surface area contributed by atoms with Crippen LogP contribution in [-0.4, -0.2) is 51.8 Å². The van der Waals surface area contributed by atoms with Crippen LogP contribution in [0.15, 0.2) is 66.7 Å². The van der Waals surface area contributed by atoms with Crippen molar-refractivity contribution in [1.82, 2.24) is 4.90 Å². The van der Waals surface area contributed by atoms with E-state index in [9.17, 15) is 24.3 Å². The van der Waals surface area contributed by atoms with Crippen LogP contribution in [0.4, 0.5) is 0 Å². The molecule has 1 aliphatic rings. The van der Waals surface area contributed by atoms with E-state index in [0.717, 1.165) is 19.6 Å². The van der Waals surface area contributed by atoms with Crippen LogP contribution < -0.4 is 10.0 Å². The summed E-state index contributed by atoms with van der Waals surface area (Å²) >= 11 is 1.26. The van der Waals surface area contributed by atoms with Crippen molar-refractivity contribution in [2.24, 2.45) is 0 Å². The fourth-order valence-corrected chi connectivity index (χ4v) is 6.55. The smallest absolute Gasteiger partial charge is 0.356 e. The second kappa shape index (κ2) is 10.8. The molecule has 37 heavy (non-hydrogen) atoms. The Morgan fingerprint density at radius 3 is 2.43 bits per heavy atom. The van der Waals surface area contributed by atoms with E-state index in [4.69, 9.17) is 4.74 Å². The first-order chi connectivity index (χ1) is 17.8. The highest BCUT2D eigenvalue weighted by Gasteiger charge is 2.24. The van der Waals surface area contributed by atoms with Crippen LogP contribution in [0, 0.1) is 0 Å². The first-order valence-corrected chi connectivity index (χ1v) is 14.6. The molecule has 0 amide bonds. The van der Waals surface area contributed by atoms with E-state index in [2.05, 4.69) is 4.90 Å². The highest BCUT2D eigenvalue weighted by molar-refractivity contribution is 7.60. The Labute approximate surface area is 219 Å². The standard InChI is InChI=1S/C28H28NO6PS/c30-21-6-4-5-20(17-21)28-26(24-12-11-23(36(32,33)34)18-25(24)37-28)27(31)19-7-9-22(10-8-19)35-16-15-29-13-2-1-3-14-29/h4-12,17-18,30H,1-3,13-16H2,(H2,32,33,34). The van der Waals surface area contributed by atoms with Gasteiger partial charge in [-0.2, -0.15) is 0 Å². The zero-order valence-corrected chi connectivity index (χ0v) is 21.9. The number of piperidine rings is 1. The van der Waals surface area contributed by atoms with Crippen LogP contribution >= 0.6 is 18.9 Å². The molecule has 0 saturated carbocycles. The van der Waals surface area contributed by atoms with Crippen LogP contribution in [0.2, 0.25) is 0 Å². The van der Waals surface area contributed by atoms with E-state index in [1.54, 1.807) is 54.6 Å². The highest BCUT2D eigenvalue weighted by atomic mass is 32.1. The van der Waals surface area contributed by atoms with E-state index < -0.39 is 7.60 Å². The molecule has 0 aliphatic carbocycles. The summed E-state index contributed by atoms with van der Waals surface area (Å²) < 4.78 is 18.3. The molecule has 4 aromatic rings. The average molecular weight is 538 g/mol. The first-order valence-electron chi connectivity index (χ1n) is 12.2. The molecular formula is C28H28NO6PS. The lowest BCUT2D eigenvalue weighted by Crippen LogP contribution is -2.33. The SMILES string of the molecule is O=C(c1ccc(OCCN2CCCCC2)cc1)c1c(-c2cccc(O)c2)sc2cc(P(=O)(O)O)ccc12. The van der Waals surface area contributed by atoms with Crippen LogP contribution in [-0.2, 0) is 4.57 Å². The van der Waals surface area contributed by atoms with Crippen molar-refractivity contribution in [3.63, 3.8) is 0 Å². The van der Waals surface area contributed by atoms with Gasteiger partial charge in [-0.1, -0.05) is 24.6 Å². The Bertz CT molecular complexity index is 1470. The molecule has 9 heteroatoms. The summed E-state index contributed by atoms with van der Waals surface area (Å²) in [5.41, 5.74) is 1.56. The number of hydrogen-bond acceptors (Lipinski definition) is 6. The molecule has 1 saturated heterocycles. The van der Waals surface area contributed by atoms with Gasteiger partial charge in [0.15, 0.2) is 5.78 Å². The maximum atomic E-state index is 13.8. The minimum atomic E-state index is -4.45. The number of phenols is 1. The molecule has 1 aromatic heterocycles. The van der Waals surface area contributed by atoms with Gasteiger partial charge in [0.1, 0.15) is 18.1 Å². The van der Waals surface area contributed by atoms with Gasteiger partial charge in [0.05, 0.1) is 5.30 Å². The Hall–Kier alpha value is -3.00. The number of phenolic OH excluding ortho intramolecular Hbond substituents is 1. The molecule has 2 heterocycles. The quantitative estimate of drug-likeness (QED) is 0.210. The van der Waals surface area contributed by atoms with E-state index in [1.807, 2.05) is 0 Å². The third kappa shape index (κ3) is 5.79. The number of nitrogens with zero attached hydrogens (tertiary/aromatic N) is 1. The summed E-state index contributed by atoms with van der Waals surface area (Å²) in [7, 11) is -4.45. The van der Waals surface area contributed by atoms with Gasteiger partial charge in [-0.05, 0) is 80.0 Å². The maximum absolute atomic E-state index is 13.8. The number of fused-ring (bicyclic) bond motifs is 1. The zero-order valence-electron chi connectivity index (χ0n) is 20.2. The van der Waals surface area contributed by atoms with Gasteiger partial charge in [0.2, 0.25) is 0 Å². The van der Waals surface area contributed by atoms with E-state index in [-0.39, 0.29) is 16.8 Å². The number of likely N-dealkylation sites (tertiary alicyclic amines) is 1. The summed E-state index contributed by atoms with van der Waals surface area (Å²) in [5.74, 6) is 0.548. The van der Waals surface area contributed by atoms with Crippen molar-refractivity contribution < 1.29 is 29.0 Å². The van der Waals surface area contributed by atoms with Crippen LogP contribution in [0.1, 0.15) is 35.2 Å². The Kier molecular flexibility index (Phi) is 7.47. The molecule has 0 radical (unpaired) electrons. The molecular weight excluding hydrogens is 509 g/mol. The van der Waals surface area contributed by atoms with Crippen LogP contribution in [0.3, 0.4) is 0 Å². The van der Waals surface area contributed by atoms with Crippen molar-refractivity contribution >= 4 is 40.1 Å². The average Bonchev–Trinajstić information content (AvgIpc) is 3.28. The number of ketones is 1. The largest absolute Gasteiger partial charge is 0.508 e. The summed E-state index contributed by atoms with van der Waals surface area (Å²) in [6.07, 6.45) is 3.77. The Morgan fingerprint density at radius 1 is 0.973 bits per heavy atom. The van der Waals surface area contributed by atoms with Crippen LogP contribution in [0.25, 0.3) is 20.5 Å². The second-order valence-electron chi connectivity index (χ2n) is 9.19. The normalized spacial score (nSPS) is 14.6. The van der Waals surface area contributed by atoms with E-state index in [1.165, 1.54) is 42.7 Å². The molecule has 0 unspecified atom stereocenters. The molecule has 5 rings (SSSR count). The van der Waals surface area contributed by atoms with Gasteiger partial charge in [-0.25, -0.2) is 0 Å². The van der Waals surface area contributed by atoms with Gasteiger partial charge in [0.25, 0.3) is 0 Å². The van der Waals surface area contributed by atoms with Crippen molar-refractivity contribution in [2.75, 3.05) is 26.2 Å². The lowest BCUT2D eigenvalue weighted by molar-refractivity contribution is 0.104. The number of aromatic hydroxyl groups is 1. The second-order valence-corrected chi connectivity index (χ2v) is 11.8. The van der Waals surface area contributed by atoms with Crippen LogP contribution in [0.5, 0.6) is 11.5 Å². The minimum Gasteiger partial charge on any atom is -0.508 e. The van der Waals surface area contributed by atoms with Gasteiger partial charge in [0, 0.05) is 32.6 Å². The highest BCUT2D eigenvalue weighted by Crippen LogP contribution is 2.42. The number of thiophene rings is 1. The number of hydrogen-bond donors (Lipinski definition) is 3. The molecule has 7 nitrogen and oxygen atoms in total. The monoisotopic (exact) mass is 537 g/mol. The molecule has 3 N–H and O–H groups in total. The third-order valence-electron chi connectivity index (χ3n) is 6.59. The summed E-state index contributed by atoms with van der Waals surface area (Å²) in [4.78, 5) is 36.0. The summed E-state index contributed by atoms with van der Waals surface area (Å²) in [6.45, 7) is 3.70. The van der Waals surface area contributed by atoms with E-state index >= 15 is 0 Å². The maximum Gasteiger partial charge on any atom is 0.356 e. The van der Waals surface area contributed by atoms with Crippen molar-refractivity contribution in [2.45, 2.75) is 19.3 Å². The Morgan fingerprint density at radius 2 is 1.73 bits per heavy atom. The van der Waals surface area contributed by atoms with Gasteiger partial charge in [-0.3, -0.25) is 14.3 Å². The van der Waals surface area contributed by atoms with Crippen molar-refractivity contribution in [3.05, 3.63) is 77.9 Å². The number of carbonyl (C=O) groups is 1. The molecule has 192 valence electrons. The minimum absolute atomic E-state index is 0.0651. The predicted octanol–water partition coefficient (Wildman–Crippen LogP) is 5.17. The van der Waals surface area contributed by atoms with Crippen molar-refractivity contribution in [3.8, 4) is 21.9 Å².